The van der Waals surface area contributed by atoms with Gasteiger partial charge >= 0.3 is 0 Å². The van der Waals surface area contributed by atoms with E-state index in [0.717, 1.165) is 0 Å². The largest absolute Gasteiger partial charge is 0.261 e. The van der Waals surface area contributed by atoms with Crippen molar-refractivity contribution < 1.29 is 0 Å². The van der Waals surface area contributed by atoms with Gasteiger partial charge in [0.05, 0.1) is 0 Å². The Hall–Kier alpha value is 0.907. The summed E-state index contributed by atoms with van der Waals surface area (Å²) < 4.78 is 3.13. The number of halogens is 1. The van der Waals surface area contributed by atoms with Crippen molar-refractivity contribution in [2.75, 3.05) is 6.54 Å². The van der Waals surface area contributed by atoms with Gasteiger partial charge in [0.2, 0.25) is 0 Å². The first-order valence-electron chi connectivity index (χ1n) is 3.40. The molecule has 0 heterocycles. The maximum atomic E-state index is 3.13. The van der Waals surface area contributed by atoms with Crippen LogP contribution < -0.4 is 3.53 Å². The van der Waals surface area contributed by atoms with Crippen molar-refractivity contribution in [3.8, 4) is 0 Å². The molecule has 0 unspecified atom stereocenters. The number of nitrogens with one attached hydrogen (secondary N) is 1. The van der Waals surface area contributed by atoms with Crippen LogP contribution in [-0.2, 0) is 0 Å². The van der Waals surface area contributed by atoms with Gasteiger partial charge in [-0.05, 0) is 6.42 Å². The summed E-state index contributed by atoms with van der Waals surface area (Å²) >= 11 is 2.20. The minimum Gasteiger partial charge on any atom is -0.261 e. The summed E-state index contributed by atoms with van der Waals surface area (Å²) in [7, 11) is -0.738. The van der Waals surface area contributed by atoms with Crippen molar-refractivity contribution in [2.45, 2.75) is 32.1 Å². The van der Waals surface area contributed by atoms with E-state index in [-0.39, 0.29) is 0 Å². The van der Waals surface area contributed by atoms with Gasteiger partial charge in [-0.3, -0.25) is 3.53 Å². The van der Waals surface area contributed by atoms with E-state index in [9.17, 15) is 0 Å². The Morgan fingerprint density at radius 3 is 2.22 bits per heavy atom. The molecule has 0 rings (SSSR count). The Labute approximate surface area is 73.1 Å². The molecule has 0 atom stereocenters. The molecule has 3 heteroatoms. The lowest BCUT2D eigenvalue weighted by Gasteiger charge is -2.14. The van der Waals surface area contributed by atoms with Gasteiger partial charge in [0.25, 0.3) is 0 Å². The van der Waals surface area contributed by atoms with Gasteiger partial charge in [0, 0.05) is 37.5 Å². The van der Waals surface area contributed by atoms with Crippen LogP contribution in [0.15, 0.2) is 0 Å². The van der Waals surface area contributed by atoms with Crippen LogP contribution in [0.2, 0.25) is 25.7 Å². The molecule has 9 heavy (non-hydrogen) atoms. The molecule has 0 amide bonds. The number of hydrogen-bond donors (Lipinski definition) is 1. The molecule has 0 radical (unpaired) electrons. The Morgan fingerprint density at radius 2 is 1.89 bits per heavy atom. The third kappa shape index (κ3) is 8.91. The molecular weight excluding hydrogens is 241 g/mol. The van der Waals surface area contributed by atoms with Crippen LogP contribution in [0.25, 0.3) is 0 Å². The smallest absolute Gasteiger partial charge is 0.0443 e. The number of hydrogen-bond acceptors (Lipinski definition) is 1. The predicted octanol–water partition coefficient (Wildman–Crippen LogP) is 2.65. The number of rotatable bonds is 4. The lowest BCUT2D eigenvalue weighted by Crippen LogP contribution is -2.20. The standard InChI is InChI=1S/C6H16INSi/c1-9(2,3)6-4-5-8-7/h8H,4-6H2,1-3H3. The molecule has 0 aliphatic rings. The van der Waals surface area contributed by atoms with Crippen LogP contribution in [0.3, 0.4) is 0 Å². The van der Waals surface area contributed by atoms with E-state index in [0.29, 0.717) is 0 Å². The molecule has 1 nitrogen and oxygen atoms in total. The maximum Gasteiger partial charge on any atom is 0.0443 e. The second-order valence-corrected chi connectivity index (χ2v) is 9.93. The lowest BCUT2D eigenvalue weighted by atomic mass is 10.5. The van der Waals surface area contributed by atoms with Crippen molar-refractivity contribution in [1.82, 2.24) is 3.53 Å². The third-order valence-electron chi connectivity index (χ3n) is 1.20. The van der Waals surface area contributed by atoms with Crippen LogP contribution in [0, 0.1) is 0 Å². The van der Waals surface area contributed by atoms with E-state index in [2.05, 4.69) is 46.0 Å². The quantitative estimate of drug-likeness (QED) is 0.353. The molecule has 56 valence electrons. The van der Waals surface area contributed by atoms with E-state index >= 15 is 0 Å². The second-order valence-electron chi connectivity index (χ2n) is 3.55. The van der Waals surface area contributed by atoms with Gasteiger partial charge in [-0.1, -0.05) is 25.7 Å². The molecule has 0 saturated heterocycles. The van der Waals surface area contributed by atoms with Gasteiger partial charge in [-0.25, -0.2) is 0 Å². The maximum absolute atomic E-state index is 3.13. The Bertz CT molecular complexity index is 69.9. The highest BCUT2D eigenvalue weighted by Gasteiger charge is 2.10. The highest BCUT2D eigenvalue weighted by atomic mass is 127. The Morgan fingerprint density at radius 1 is 1.33 bits per heavy atom. The summed E-state index contributed by atoms with van der Waals surface area (Å²) in [5.74, 6) is 0. The van der Waals surface area contributed by atoms with Crippen LogP contribution in [0.4, 0.5) is 0 Å². The summed E-state index contributed by atoms with van der Waals surface area (Å²) in [4.78, 5) is 0. The monoisotopic (exact) mass is 257 g/mol. The van der Waals surface area contributed by atoms with Gasteiger partial charge in [-0.2, -0.15) is 0 Å². The Kier molecular flexibility index (Phi) is 5.15. The van der Waals surface area contributed by atoms with Crippen LogP contribution >= 0.6 is 22.9 Å². The van der Waals surface area contributed by atoms with Crippen LogP contribution in [0.1, 0.15) is 6.42 Å². The van der Waals surface area contributed by atoms with E-state index in [4.69, 9.17) is 0 Å². The molecular formula is C6H16INSi. The molecule has 0 fully saturated rings. The average molecular weight is 257 g/mol. The highest BCUT2D eigenvalue weighted by molar-refractivity contribution is 14.1. The van der Waals surface area contributed by atoms with Gasteiger partial charge in [0.15, 0.2) is 0 Å². The van der Waals surface area contributed by atoms with Gasteiger partial charge < -0.3 is 0 Å². The normalized spacial score (nSPS) is 12.0. The fourth-order valence-electron chi connectivity index (χ4n) is 0.686. The first kappa shape index (κ1) is 9.91. The van der Waals surface area contributed by atoms with E-state index < -0.39 is 8.07 Å². The van der Waals surface area contributed by atoms with Gasteiger partial charge in [0.1, 0.15) is 0 Å². The van der Waals surface area contributed by atoms with Crippen LogP contribution in [0.5, 0.6) is 0 Å². The first-order valence-corrected chi connectivity index (χ1v) is 8.18. The highest BCUT2D eigenvalue weighted by Crippen LogP contribution is 2.09. The fraction of sp³-hybridized carbons (Fsp3) is 1.00. The third-order valence-corrected chi connectivity index (χ3v) is 3.59. The Balaban J connectivity index is 3.07. The molecule has 0 saturated carbocycles. The molecule has 0 bridgehead atoms. The molecule has 0 spiro atoms. The second kappa shape index (κ2) is 4.68. The molecule has 0 aromatic rings. The van der Waals surface area contributed by atoms with Crippen molar-refractivity contribution >= 4 is 30.9 Å². The van der Waals surface area contributed by atoms with Crippen molar-refractivity contribution in [3.05, 3.63) is 0 Å². The summed E-state index contributed by atoms with van der Waals surface area (Å²) in [5, 5.41) is 0. The minimum atomic E-state index is -0.738. The summed E-state index contributed by atoms with van der Waals surface area (Å²) in [5.41, 5.74) is 0. The average Bonchev–Trinajstić information content (AvgIpc) is 1.63. The van der Waals surface area contributed by atoms with E-state index in [1.54, 1.807) is 0 Å². The van der Waals surface area contributed by atoms with Crippen molar-refractivity contribution in [2.24, 2.45) is 0 Å². The van der Waals surface area contributed by atoms with E-state index in [1.807, 2.05) is 0 Å². The summed E-state index contributed by atoms with van der Waals surface area (Å²) in [6.45, 7) is 8.42. The molecule has 0 aromatic carbocycles. The zero-order valence-electron chi connectivity index (χ0n) is 6.50. The molecule has 0 aromatic heterocycles. The van der Waals surface area contributed by atoms with Crippen molar-refractivity contribution in [1.29, 1.82) is 0 Å². The summed E-state index contributed by atoms with van der Waals surface area (Å²) in [6.07, 6.45) is 1.35. The van der Waals surface area contributed by atoms with Crippen LogP contribution in [-0.4, -0.2) is 14.6 Å². The lowest BCUT2D eigenvalue weighted by molar-refractivity contribution is 0.883. The van der Waals surface area contributed by atoms with E-state index in [1.165, 1.54) is 19.0 Å². The molecule has 0 aliphatic heterocycles. The SMILES string of the molecule is C[Si](C)(C)CCCNI. The fourth-order valence-corrected chi connectivity index (χ4v) is 2.30. The first-order chi connectivity index (χ1) is 4.06. The topological polar surface area (TPSA) is 12.0 Å². The zero-order valence-corrected chi connectivity index (χ0v) is 9.66. The molecule has 0 aliphatic carbocycles. The summed E-state index contributed by atoms with van der Waals surface area (Å²) in [6, 6.07) is 1.45. The van der Waals surface area contributed by atoms with Crippen molar-refractivity contribution in [3.63, 3.8) is 0 Å². The minimum absolute atomic E-state index is 0.738. The zero-order chi connectivity index (χ0) is 7.33. The molecule has 1 N–H and O–H groups in total. The predicted molar refractivity (Wildman–Crippen MR) is 54.8 cm³/mol. The van der Waals surface area contributed by atoms with Gasteiger partial charge in [-0.15, -0.1) is 0 Å².